The van der Waals surface area contributed by atoms with Gasteiger partial charge in [0, 0.05) is 0 Å². The van der Waals surface area contributed by atoms with E-state index in [1.807, 2.05) is 6.92 Å². The number of unbranched alkanes of at least 4 members (excludes halogenated alkanes) is 2. The quantitative estimate of drug-likeness (QED) is 0.544. The van der Waals surface area contributed by atoms with Crippen LogP contribution in [0.2, 0.25) is 0 Å². The fourth-order valence-corrected chi connectivity index (χ4v) is 1.09. The lowest BCUT2D eigenvalue weighted by atomic mass is 10.1. The standard InChI is InChI=1S/C7H16O.C3H3N3O3/c1-3-4-5-6-7(2)8;7-1-4-2(8)6-3(9)5-1/h7-8H,3-6H2,1-2H3;(H3,4,5,6,7,8,9). The van der Waals surface area contributed by atoms with Crippen LogP contribution in [-0.2, 0) is 0 Å². The molecule has 1 rings (SSSR count). The van der Waals surface area contributed by atoms with Gasteiger partial charge in [0.15, 0.2) is 0 Å². The molecule has 1 unspecified atom stereocenters. The van der Waals surface area contributed by atoms with Crippen molar-refractivity contribution in [2.45, 2.75) is 45.6 Å². The number of aliphatic hydroxyl groups is 1. The lowest BCUT2D eigenvalue weighted by molar-refractivity contribution is 0.180. The van der Waals surface area contributed by atoms with Crippen molar-refractivity contribution in [3.63, 3.8) is 0 Å². The number of rotatable bonds is 4. The van der Waals surface area contributed by atoms with E-state index in [9.17, 15) is 14.4 Å². The zero-order chi connectivity index (χ0) is 13.3. The Morgan fingerprint density at radius 2 is 1.41 bits per heavy atom. The SMILES string of the molecule is CCCCCC(C)O.O=c1[nH]c(=O)[nH]c(=O)[nH]1. The average Bonchev–Trinajstić information content (AvgIpc) is 2.16. The topological polar surface area (TPSA) is 119 Å². The number of aromatic nitrogens is 3. The summed E-state index contributed by atoms with van der Waals surface area (Å²) >= 11 is 0. The van der Waals surface area contributed by atoms with Crippen molar-refractivity contribution in [3.05, 3.63) is 31.5 Å². The van der Waals surface area contributed by atoms with Crippen LogP contribution in [0.25, 0.3) is 0 Å². The second-order valence-corrected chi connectivity index (χ2v) is 3.71. The van der Waals surface area contributed by atoms with Gasteiger partial charge in [-0.3, -0.25) is 15.0 Å². The van der Waals surface area contributed by atoms with Crippen LogP contribution in [0.5, 0.6) is 0 Å². The Hall–Kier alpha value is -1.63. The molecule has 1 heterocycles. The van der Waals surface area contributed by atoms with Crippen LogP contribution in [-0.4, -0.2) is 26.2 Å². The summed E-state index contributed by atoms with van der Waals surface area (Å²) < 4.78 is 0. The monoisotopic (exact) mass is 245 g/mol. The molecule has 4 N–H and O–H groups in total. The van der Waals surface area contributed by atoms with E-state index >= 15 is 0 Å². The van der Waals surface area contributed by atoms with Crippen molar-refractivity contribution in [2.75, 3.05) is 0 Å². The molecule has 0 saturated heterocycles. The maximum Gasteiger partial charge on any atom is 0.330 e. The van der Waals surface area contributed by atoms with Crippen LogP contribution < -0.4 is 17.1 Å². The highest BCUT2D eigenvalue weighted by Gasteiger charge is 1.92. The molecule has 0 aliphatic heterocycles. The number of hydrogen-bond donors (Lipinski definition) is 4. The van der Waals surface area contributed by atoms with Gasteiger partial charge in [-0.15, -0.1) is 0 Å². The Kier molecular flexibility index (Phi) is 7.70. The van der Waals surface area contributed by atoms with Crippen LogP contribution in [0.4, 0.5) is 0 Å². The molecule has 98 valence electrons. The van der Waals surface area contributed by atoms with Gasteiger partial charge in [0.05, 0.1) is 6.10 Å². The van der Waals surface area contributed by atoms with E-state index in [0.29, 0.717) is 0 Å². The molecule has 1 aromatic heterocycles. The van der Waals surface area contributed by atoms with Crippen molar-refractivity contribution >= 4 is 0 Å². The second-order valence-electron chi connectivity index (χ2n) is 3.71. The summed E-state index contributed by atoms with van der Waals surface area (Å²) in [5.74, 6) is 0. The molecule has 0 bridgehead atoms. The third-order valence-electron chi connectivity index (χ3n) is 1.91. The summed E-state index contributed by atoms with van der Waals surface area (Å²) in [6, 6.07) is 0. The fourth-order valence-electron chi connectivity index (χ4n) is 1.09. The predicted molar refractivity (Wildman–Crippen MR) is 64.1 cm³/mol. The minimum absolute atomic E-state index is 0.0958. The highest BCUT2D eigenvalue weighted by molar-refractivity contribution is 4.60. The summed E-state index contributed by atoms with van der Waals surface area (Å²) in [5, 5.41) is 8.78. The maximum absolute atomic E-state index is 10.2. The first-order valence-corrected chi connectivity index (χ1v) is 5.56. The summed E-state index contributed by atoms with van der Waals surface area (Å²) in [6.07, 6.45) is 4.54. The van der Waals surface area contributed by atoms with Gasteiger partial charge in [0.25, 0.3) is 0 Å². The molecule has 7 nitrogen and oxygen atoms in total. The van der Waals surface area contributed by atoms with Gasteiger partial charge >= 0.3 is 17.1 Å². The van der Waals surface area contributed by atoms with Gasteiger partial charge in [0.1, 0.15) is 0 Å². The van der Waals surface area contributed by atoms with E-state index in [0.717, 1.165) is 6.42 Å². The fraction of sp³-hybridized carbons (Fsp3) is 0.700. The molecule has 0 amide bonds. The number of H-pyrrole nitrogens is 3. The molecule has 1 atom stereocenters. The third-order valence-corrected chi connectivity index (χ3v) is 1.91. The van der Waals surface area contributed by atoms with Crippen LogP contribution in [0, 0.1) is 0 Å². The lowest BCUT2D eigenvalue weighted by Gasteiger charge is -2.00. The molecule has 0 aromatic carbocycles. The van der Waals surface area contributed by atoms with Crippen LogP contribution in [0.3, 0.4) is 0 Å². The van der Waals surface area contributed by atoms with Crippen molar-refractivity contribution in [3.8, 4) is 0 Å². The van der Waals surface area contributed by atoms with Crippen LogP contribution in [0.1, 0.15) is 39.5 Å². The third kappa shape index (κ3) is 9.31. The normalized spacial score (nSPS) is 11.5. The van der Waals surface area contributed by atoms with E-state index < -0.39 is 17.1 Å². The van der Waals surface area contributed by atoms with Gasteiger partial charge in [-0.25, -0.2) is 14.4 Å². The predicted octanol–water partition coefficient (Wildman–Crippen LogP) is -0.301. The van der Waals surface area contributed by atoms with Gasteiger partial charge in [0.2, 0.25) is 0 Å². The molecule has 1 aromatic rings. The highest BCUT2D eigenvalue weighted by Crippen LogP contribution is 2.01. The van der Waals surface area contributed by atoms with Gasteiger partial charge in [-0.05, 0) is 13.3 Å². The van der Waals surface area contributed by atoms with E-state index in [1.165, 1.54) is 19.3 Å². The van der Waals surface area contributed by atoms with E-state index in [4.69, 9.17) is 5.11 Å². The summed E-state index contributed by atoms with van der Waals surface area (Å²) in [7, 11) is 0. The molecule has 0 aliphatic rings. The maximum atomic E-state index is 10.2. The molecular weight excluding hydrogens is 226 g/mol. The first-order chi connectivity index (χ1) is 7.95. The number of hydrogen-bond acceptors (Lipinski definition) is 4. The van der Waals surface area contributed by atoms with Gasteiger partial charge < -0.3 is 5.11 Å². The van der Waals surface area contributed by atoms with E-state index in [1.54, 1.807) is 15.0 Å². The zero-order valence-corrected chi connectivity index (χ0v) is 10.1. The number of aromatic amines is 3. The van der Waals surface area contributed by atoms with Crippen molar-refractivity contribution < 1.29 is 5.11 Å². The molecule has 0 saturated carbocycles. The minimum atomic E-state index is -0.802. The summed E-state index contributed by atoms with van der Waals surface area (Å²) in [4.78, 5) is 35.9. The highest BCUT2D eigenvalue weighted by atomic mass is 16.3. The number of aliphatic hydroxyl groups excluding tert-OH is 1. The Labute approximate surface area is 97.9 Å². The molecule has 0 aliphatic carbocycles. The zero-order valence-electron chi connectivity index (χ0n) is 10.1. The lowest BCUT2D eigenvalue weighted by Crippen LogP contribution is -2.34. The Morgan fingerprint density at radius 1 is 1.00 bits per heavy atom. The molecule has 0 spiro atoms. The molecule has 17 heavy (non-hydrogen) atoms. The van der Waals surface area contributed by atoms with Crippen LogP contribution >= 0.6 is 0 Å². The smallest absolute Gasteiger partial charge is 0.330 e. The van der Waals surface area contributed by atoms with E-state index in [-0.39, 0.29) is 6.10 Å². The van der Waals surface area contributed by atoms with Crippen molar-refractivity contribution in [1.82, 2.24) is 15.0 Å². The second kappa shape index (κ2) is 8.51. The Morgan fingerprint density at radius 3 is 1.71 bits per heavy atom. The Bertz CT molecular complexity index is 379. The average molecular weight is 245 g/mol. The molecule has 7 heteroatoms. The van der Waals surface area contributed by atoms with Gasteiger partial charge in [-0.1, -0.05) is 26.2 Å². The van der Waals surface area contributed by atoms with Crippen molar-refractivity contribution in [1.29, 1.82) is 0 Å². The summed E-state index contributed by atoms with van der Waals surface area (Å²) in [6.45, 7) is 4.01. The molecule has 0 radical (unpaired) electrons. The Balaban J connectivity index is 0.000000304. The largest absolute Gasteiger partial charge is 0.393 e. The van der Waals surface area contributed by atoms with Crippen LogP contribution in [0.15, 0.2) is 14.4 Å². The summed E-state index contributed by atoms with van der Waals surface area (Å²) in [5.41, 5.74) is -2.41. The van der Waals surface area contributed by atoms with Crippen molar-refractivity contribution in [2.24, 2.45) is 0 Å². The first kappa shape index (κ1) is 15.4. The van der Waals surface area contributed by atoms with E-state index in [2.05, 4.69) is 6.92 Å². The molecular formula is C10H19N3O4. The number of nitrogens with one attached hydrogen (secondary N) is 3. The first-order valence-electron chi connectivity index (χ1n) is 5.56. The minimum Gasteiger partial charge on any atom is -0.393 e. The molecule has 0 fully saturated rings. The van der Waals surface area contributed by atoms with Gasteiger partial charge in [-0.2, -0.15) is 0 Å².